The lowest BCUT2D eigenvalue weighted by molar-refractivity contribution is 0.00939. The van der Waals surface area contributed by atoms with Gasteiger partial charge in [-0.1, -0.05) is 6.07 Å². The normalized spacial score (nSPS) is 20.0. The molecule has 2 rings (SSSR count). The molecule has 1 aliphatic rings. The molecule has 1 aliphatic heterocycles. The summed E-state index contributed by atoms with van der Waals surface area (Å²) in [5, 5.41) is 6.64. The second-order valence-corrected chi connectivity index (χ2v) is 5.23. The average Bonchev–Trinajstić information content (AvgIpc) is 2.56. The summed E-state index contributed by atoms with van der Waals surface area (Å²) in [6, 6.07) is 6.15. The van der Waals surface area contributed by atoms with Crippen molar-refractivity contribution in [3.8, 4) is 11.5 Å². The van der Waals surface area contributed by atoms with Crippen LogP contribution in [0.2, 0.25) is 0 Å². The molecule has 0 spiro atoms. The predicted molar refractivity (Wildman–Crippen MR) is 83.4 cm³/mol. The fourth-order valence-corrected chi connectivity index (χ4v) is 2.79. The molecule has 0 saturated carbocycles. The Balaban J connectivity index is 2.22. The zero-order chi connectivity index (χ0) is 15.1. The number of hydrogen-bond donors (Lipinski definition) is 2. The minimum Gasteiger partial charge on any atom is -0.493 e. The molecule has 0 radical (unpaired) electrons. The van der Waals surface area contributed by atoms with E-state index in [1.54, 1.807) is 14.2 Å². The van der Waals surface area contributed by atoms with Crippen LogP contribution in [0.15, 0.2) is 18.2 Å². The second-order valence-electron chi connectivity index (χ2n) is 5.23. The number of hydrogen-bond acceptors (Lipinski definition) is 5. The monoisotopic (exact) mass is 294 g/mol. The van der Waals surface area contributed by atoms with Crippen LogP contribution in [-0.4, -0.2) is 53.6 Å². The van der Waals surface area contributed by atoms with Gasteiger partial charge < -0.3 is 24.8 Å². The van der Waals surface area contributed by atoms with E-state index in [2.05, 4.69) is 22.8 Å². The highest BCUT2D eigenvalue weighted by molar-refractivity contribution is 5.44. The fraction of sp³-hybridized carbons (Fsp3) is 0.625. The van der Waals surface area contributed by atoms with E-state index >= 15 is 0 Å². The quantitative estimate of drug-likeness (QED) is 0.796. The maximum atomic E-state index is 5.96. The zero-order valence-corrected chi connectivity index (χ0v) is 13.1. The molecule has 1 aromatic carbocycles. The largest absolute Gasteiger partial charge is 0.493 e. The van der Waals surface area contributed by atoms with Crippen molar-refractivity contribution in [2.24, 2.45) is 0 Å². The smallest absolute Gasteiger partial charge is 0.160 e. The van der Waals surface area contributed by atoms with Gasteiger partial charge in [0.05, 0.1) is 26.9 Å². The van der Waals surface area contributed by atoms with E-state index < -0.39 is 0 Å². The summed E-state index contributed by atoms with van der Waals surface area (Å²) in [7, 11) is 5.30. The van der Waals surface area contributed by atoms with Gasteiger partial charge in [-0.15, -0.1) is 0 Å². The molecule has 5 heteroatoms. The molecule has 0 bridgehead atoms. The number of morpholine rings is 1. The van der Waals surface area contributed by atoms with E-state index in [1.807, 2.05) is 13.1 Å². The van der Waals surface area contributed by atoms with Crippen molar-refractivity contribution >= 4 is 0 Å². The van der Waals surface area contributed by atoms with E-state index in [0.29, 0.717) is 5.92 Å². The lowest BCUT2D eigenvalue weighted by Gasteiger charge is -2.31. The van der Waals surface area contributed by atoms with Crippen molar-refractivity contribution in [2.45, 2.75) is 18.4 Å². The molecule has 0 amide bonds. The van der Waals surface area contributed by atoms with Crippen LogP contribution in [0.4, 0.5) is 0 Å². The van der Waals surface area contributed by atoms with E-state index in [4.69, 9.17) is 14.2 Å². The van der Waals surface area contributed by atoms with Gasteiger partial charge in [-0.3, -0.25) is 0 Å². The molecule has 1 saturated heterocycles. The van der Waals surface area contributed by atoms with Crippen LogP contribution < -0.4 is 20.1 Å². The minimum atomic E-state index is 0.199. The molecular weight excluding hydrogens is 268 g/mol. The van der Waals surface area contributed by atoms with Gasteiger partial charge >= 0.3 is 0 Å². The molecule has 2 atom stereocenters. The van der Waals surface area contributed by atoms with E-state index in [-0.39, 0.29) is 6.10 Å². The molecule has 21 heavy (non-hydrogen) atoms. The van der Waals surface area contributed by atoms with Crippen LogP contribution in [0.1, 0.15) is 17.9 Å². The van der Waals surface area contributed by atoms with Gasteiger partial charge in [-0.2, -0.15) is 0 Å². The van der Waals surface area contributed by atoms with Gasteiger partial charge in [0.25, 0.3) is 0 Å². The highest BCUT2D eigenvalue weighted by atomic mass is 16.5. The van der Waals surface area contributed by atoms with Crippen LogP contribution >= 0.6 is 0 Å². The molecule has 0 aliphatic carbocycles. The number of benzene rings is 1. The Hall–Kier alpha value is -1.30. The Labute approximate surface area is 127 Å². The first kappa shape index (κ1) is 16.1. The molecule has 2 unspecified atom stereocenters. The third-order valence-corrected chi connectivity index (χ3v) is 3.95. The summed E-state index contributed by atoms with van der Waals surface area (Å²) in [5.74, 6) is 1.87. The van der Waals surface area contributed by atoms with Gasteiger partial charge in [0.15, 0.2) is 11.5 Å². The summed E-state index contributed by atoms with van der Waals surface area (Å²) < 4.78 is 16.7. The van der Waals surface area contributed by atoms with Crippen molar-refractivity contribution in [1.82, 2.24) is 10.6 Å². The summed E-state index contributed by atoms with van der Waals surface area (Å²) in [6.07, 6.45) is 1.23. The van der Waals surface area contributed by atoms with Crippen molar-refractivity contribution in [3.05, 3.63) is 23.8 Å². The topological polar surface area (TPSA) is 51.8 Å². The van der Waals surface area contributed by atoms with Gasteiger partial charge in [0.2, 0.25) is 0 Å². The molecule has 5 nitrogen and oxygen atoms in total. The molecule has 1 aromatic rings. The fourth-order valence-electron chi connectivity index (χ4n) is 2.79. The summed E-state index contributed by atoms with van der Waals surface area (Å²) >= 11 is 0. The highest BCUT2D eigenvalue weighted by Gasteiger charge is 2.26. The van der Waals surface area contributed by atoms with Crippen LogP contribution in [-0.2, 0) is 4.74 Å². The van der Waals surface area contributed by atoms with Gasteiger partial charge in [-0.05, 0) is 37.7 Å². The first-order valence-corrected chi connectivity index (χ1v) is 7.49. The zero-order valence-electron chi connectivity index (χ0n) is 13.1. The summed E-state index contributed by atoms with van der Waals surface area (Å²) in [4.78, 5) is 0. The van der Waals surface area contributed by atoms with E-state index in [9.17, 15) is 0 Å². The van der Waals surface area contributed by atoms with Crippen LogP contribution in [0.3, 0.4) is 0 Å². The molecule has 1 fully saturated rings. The first-order valence-electron chi connectivity index (χ1n) is 7.49. The lowest BCUT2D eigenvalue weighted by atomic mass is 9.89. The predicted octanol–water partition coefficient (Wildman–Crippen LogP) is 1.39. The highest BCUT2D eigenvalue weighted by Crippen LogP contribution is 2.34. The first-order chi connectivity index (χ1) is 10.3. The average molecular weight is 294 g/mol. The van der Waals surface area contributed by atoms with Crippen LogP contribution in [0, 0.1) is 0 Å². The number of rotatable bonds is 7. The Bertz CT molecular complexity index is 434. The van der Waals surface area contributed by atoms with E-state index in [1.165, 1.54) is 5.56 Å². The van der Waals surface area contributed by atoms with Crippen molar-refractivity contribution in [2.75, 3.05) is 47.5 Å². The van der Waals surface area contributed by atoms with Gasteiger partial charge in [0, 0.05) is 19.0 Å². The molecule has 0 aromatic heterocycles. The molecule has 2 N–H and O–H groups in total. The number of methoxy groups -OCH3 is 2. The van der Waals surface area contributed by atoms with Crippen molar-refractivity contribution in [1.29, 1.82) is 0 Å². The molecule has 118 valence electrons. The maximum Gasteiger partial charge on any atom is 0.160 e. The van der Waals surface area contributed by atoms with Gasteiger partial charge in [0.1, 0.15) is 0 Å². The van der Waals surface area contributed by atoms with Crippen molar-refractivity contribution in [3.63, 3.8) is 0 Å². The van der Waals surface area contributed by atoms with E-state index in [0.717, 1.165) is 44.2 Å². The third-order valence-electron chi connectivity index (χ3n) is 3.95. The maximum absolute atomic E-state index is 5.96. The second kappa shape index (κ2) is 8.22. The van der Waals surface area contributed by atoms with Gasteiger partial charge in [-0.25, -0.2) is 0 Å². The number of nitrogens with one attached hydrogen (secondary N) is 2. The Morgan fingerprint density at radius 3 is 2.76 bits per heavy atom. The summed E-state index contributed by atoms with van der Waals surface area (Å²) in [5.41, 5.74) is 1.23. The standard InChI is InChI=1S/C16H26N2O3/c1-17-7-6-13(16-11-18-8-9-21-16)12-4-5-14(19-2)15(10-12)20-3/h4-5,10,13,16-18H,6-9,11H2,1-3H3. The Morgan fingerprint density at radius 2 is 2.14 bits per heavy atom. The number of ether oxygens (including phenoxy) is 3. The minimum absolute atomic E-state index is 0.199. The molecule has 1 heterocycles. The Kier molecular flexibility index (Phi) is 6.29. The van der Waals surface area contributed by atoms with Crippen molar-refractivity contribution < 1.29 is 14.2 Å². The summed E-state index contributed by atoms with van der Waals surface area (Å²) in [6.45, 7) is 3.55. The third kappa shape index (κ3) is 4.09. The van der Waals surface area contributed by atoms with Crippen LogP contribution in [0.5, 0.6) is 11.5 Å². The SMILES string of the molecule is CNCCC(c1ccc(OC)c(OC)c1)C1CNCCO1. The Morgan fingerprint density at radius 1 is 1.33 bits per heavy atom. The molecular formula is C16H26N2O3. The van der Waals surface area contributed by atoms with Crippen LogP contribution in [0.25, 0.3) is 0 Å². The lowest BCUT2D eigenvalue weighted by Crippen LogP contribution is -2.42.